The summed E-state index contributed by atoms with van der Waals surface area (Å²) in [6, 6.07) is 6.76. The van der Waals surface area contributed by atoms with Gasteiger partial charge in [0.2, 0.25) is 0 Å². The molecule has 120 valence electrons. The van der Waals surface area contributed by atoms with E-state index >= 15 is 0 Å². The minimum Gasteiger partial charge on any atom is -0.464 e. The standard InChI is InChI=1S/C15H18FNO5/c1-19-15(18)14(17-21-10-16)11-6-2-3-7-12(11)22-13-8-4-5-9-20-13/h2-3,6-7,13H,4-5,8-10H2,1H3. The molecule has 1 aromatic rings. The molecule has 6 nitrogen and oxygen atoms in total. The van der Waals surface area contributed by atoms with E-state index in [0.717, 1.165) is 19.3 Å². The third-order valence-corrected chi connectivity index (χ3v) is 3.12. The van der Waals surface area contributed by atoms with E-state index in [2.05, 4.69) is 14.7 Å². The highest BCUT2D eigenvalue weighted by Crippen LogP contribution is 2.24. The number of methoxy groups -OCH3 is 1. The Kier molecular flexibility index (Phi) is 6.14. The van der Waals surface area contributed by atoms with Crippen LogP contribution in [-0.4, -0.2) is 38.5 Å². The van der Waals surface area contributed by atoms with Gasteiger partial charge in [0.1, 0.15) is 5.75 Å². The summed E-state index contributed by atoms with van der Waals surface area (Å²) in [6.45, 7) is -0.509. The smallest absolute Gasteiger partial charge is 0.360 e. The van der Waals surface area contributed by atoms with Gasteiger partial charge in [0.25, 0.3) is 6.86 Å². The summed E-state index contributed by atoms with van der Waals surface area (Å²) in [4.78, 5) is 16.2. The molecule has 0 radical (unpaired) electrons. The quantitative estimate of drug-likeness (QED) is 0.458. The van der Waals surface area contributed by atoms with E-state index in [0.29, 0.717) is 17.9 Å². The van der Waals surface area contributed by atoms with Crippen LogP contribution in [0.2, 0.25) is 0 Å². The van der Waals surface area contributed by atoms with E-state index in [1.807, 2.05) is 0 Å². The molecule has 2 rings (SSSR count). The van der Waals surface area contributed by atoms with Crippen LogP contribution in [0.4, 0.5) is 4.39 Å². The summed E-state index contributed by atoms with van der Waals surface area (Å²) in [5, 5.41) is 3.48. The van der Waals surface area contributed by atoms with Gasteiger partial charge in [0.15, 0.2) is 12.0 Å². The minimum absolute atomic E-state index is 0.161. The molecular formula is C15H18FNO5. The molecule has 1 unspecified atom stereocenters. The first-order valence-electron chi connectivity index (χ1n) is 6.98. The summed E-state index contributed by atoms with van der Waals surface area (Å²) >= 11 is 0. The molecule has 0 saturated carbocycles. The lowest BCUT2D eigenvalue weighted by molar-refractivity contribution is -0.133. The number of oxime groups is 1. The number of nitrogens with zero attached hydrogens (tertiary/aromatic N) is 1. The Labute approximate surface area is 127 Å². The van der Waals surface area contributed by atoms with Crippen molar-refractivity contribution in [3.05, 3.63) is 29.8 Å². The highest BCUT2D eigenvalue weighted by Gasteiger charge is 2.23. The van der Waals surface area contributed by atoms with Gasteiger partial charge in [0, 0.05) is 6.42 Å². The second-order valence-corrected chi connectivity index (χ2v) is 4.58. The predicted molar refractivity (Wildman–Crippen MR) is 76.3 cm³/mol. The van der Waals surface area contributed by atoms with Crippen molar-refractivity contribution < 1.29 is 28.2 Å². The normalized spacial score (nSPS) is 18.6. The number of carbonyl (C=O) groups excluding carboxylic acids is 1. The van der Waals surface area contributed by atoms with E-state index in [9.17, 15) is 9.18 Å². The highest BCUT2D eigenvalue weighted by atomic mass is 19.1. The SMILES string of the molecule is COC(=O)C(=NOCF)c1ccccc1OC1CCCCO1. The fourth-order valence-electron chi connectivity index (χ4n) is 2.09. The van der Waals surface area contributed by atoms with Crippen molar-refractivity contribution in [1.82, 2.24) is 0 Å². The molecule has 1 aromatic carbocycles. The molecule has 7 heteroatoms. The molecule has 0 N–H and O–H groups in total. The van der Waals surface area contributed by atoms with E-state index in [4.69, 9.17) is 9.47 Å². The number of hydrogen-bond acceptors (Lipinski definition) is 6. The summed E-state index contributed by atoms with van der Waals surface area (Å²) in [7, 11) is 1.21. The zero-order valence-electron chi connectivity index (χ0n) is 12.3. The zero-order valence-corrected chi connectivity index (χ0v) is 12.3. The van der Waals surface area contributed by atoms with Gasteiger partial charge in [-0.25, -0.2) is 9.18 Å². The molecule has 1 aliphatic rings. The van der Waals surface area contributed by atoms with Crippen molar-refractivity contribution in [1.29, 1.82) is 0 Å². The van der Waals surface area contributed by atoms with Crippen molar-refractivity contribution in [3.63, 3.8) is 0 Å². The molecule has 0 aromatic heterocycles. The third kappa shape index (κ3) is 4.17. The van der Waals surface area contributed by atoms with Gasteiger partial charge < -0.3 is 19.0 Å². The molecule has 1 saturated heterocycles. The first-order valence-corrected chi connectivity index (χ1v) is 6.98. The van der Waals surface area contributed by atoms with Crippen LogP contribution in [-0.2, 0) is 19.1 Å². The van der Waals surface area contributed by atoms with Crippen molar-refractivity contribution in [3.8, 4) is 5.75 Å². The lowest BCUT2D eigenvalue weighted by Gasteiger charge is -2.24. The van der Waals surface area contributed by atoms with Gasteiger partial charge in [-0.2, -0.15) is 0 Å². The summed E-state index contributed by atoms with van der Waals surface area (Å²) in [6.07, 6.45) is 2.40. The number of esters is 1. The predicted octanol–water partition coefficient (Wildman–Crippen LogP) is 2.41. The van der Waals surface area contributed by atoms with Crippen LogP contribution in [0.15, 0.2) is 29.4 Å². The Hall–Kier alpha value is -2.15. The molecule has 1 fully saturated rings. The molecule has 0 bridgehead atoms. The van der Waals surface area contributed by atoms with Crippen LogP contribution >= 0.6 is 0 Å². The van der Waals surface area contributed by atoms with Gasteiger partial charge in [-0.3, -0.25) is 0 Å². The van der Waals surface area contributed by atoms with E-state index in [-0.39, 0.29) is 12.0 Å². The third-order valence-electron chi connectivity index (χ3n) is 3.12. The molecule has 1 heterocycles. The largest absolute Gasteiger partial charge is 0.464 e. The molecule has 0 amide bonds. The van der Waals surface area contributed by atoms with Crippen LogP contribution < -0.4 is 4.74 Å². The zero-order chi connectivity index (χ0) is 15.8. The number of hydrogen-bond donors (Lipinski definition) is 0. The highest BCUT2D eigenvalue weighted by molar-refractivity contribution is 6.43. The summed E-state index contributed by atoms with van der Waals surface area (Å²) < 4.78 is 28.1. The van der Waals surface area contributed by atoms with Crippen molar-refractivity contribution >= 4 is 11.7 Å². The van der Waals surface area contributed by atoms with Crippen molar-refractivity contribution in [2.75, 3.05) is 20.6 Å². The minimum atomic E-state index is -1.14. The number of alkyl halides is 1. The van der Waals surface area contributed by atoms with Crippen LogP contribution in [0.1, 0.15) is 24.8 Å². The number of rotatable bonds is 6. The van der Waals surface area contributed by atoms with E-state index in [1.165, 1.54) is 7.11 Å². The number of benzene rings is 1. The first kappa shape index (κ1) is 16.2. The first-order chi connectivity index (χ1) is 10.8. The number of ether oxygens (including phenoxy) is 3. The molecule has 22 heavy (non-hydrogen) atoms. The average Bonchev–Trinajstić information content (AvgIpc) is 2.57. The monoisotopic (exact) mass is 311 g/mol. The van der Waals surface area contributed by atoms with Crippen LogP contribution in [0, 0.1) is 0 Å². The lowest BCUT2D eigenvalue weighted by Crippen LogP contribution is -2.26. The topological polar surface area (TPSA) is 66.4 Å². The van der Waals surface area contributed by atoms with E-state index < -0.39 is 12.8 Å². The second kappa shape index (κ2) is 8.33. The Balaban J connectivity index is 2.26. The Morgan fingerprint density at radius 1 is 1.41 bits per heavy atom. The second-order valence-electron chi connectivity index (χ2n) is 4.58. The summed E-state index contributed by atoms with van der Waals surface area (Å²) in [5.41, 5.74) is 0.198. The maximum atomic E-state index is 12.2. The fraction of sp³-hybridized carbons (Fsp3) is 0.467. The number of para-hydroxylation sites is 1. The summed E-state index contributed by atoms with van der Waals surface area (Å²) in [5.74, 6) is -0.338. The number of carbonyl (C=O) groups is 1. The van der Waals surface area contributed by atoms with Gasteiger partial charge in [0.05, 0.1) is 19.3 Å². The molecule has 1 atom stereocenters. The van der Waals surface area contributed by atoms with Crippen molar-refractivity contribution in [2.45, 2.75) is 25.6 Å². The average molecular weight is 311 g/mol. The Bertz CT molecular complexity index is 528. The maximum Gasteiger partial charge on any atom is 0.360 e. The molecule has 1 aliphatic heterocycles. The van der Waals surface area contributed by atoms with Gasteiger partial charge >= 0.3 is 5.97 Å². The fourth-order valence-corrected chi connectivity index (χ4v) is 2.09. The molecule has 0 spiro atoms. The number of halogens is 1. The molecule has 0 aliphatic carbocycles. The Morgan fingerprint density at radius 2 is 2.23 bits per heavy atom. The van der Waals surface area contributed by atoms with E-state index in [1.54, 1.807) is 24.3 Å². The van der Waals surface area contributed by atoms with Crippen LogP contribution in [0.3, 0.4) is 0 Å². The van der Waals surface area contributed by atoms with Crippen molar-refractivity contribution in [2.24, 2.45) is 5.16 Å². The van der Waals surface area contributed by atoms with Crippen LogP contribution in [0.5, 0.6) is 5.75 Å². The maximum absolute atomic E-state index is 12.2. The lowest BCUT2D eigenvalue weighted by atomic mass is 10.1. The van der Waals surface area contributed by atoms with Gasteiger partial charge in [-0.15, -0.1) is 0 Å². The molecular weight excluding hydrogens is 293 g/mol. The van der Waals surface area contributed by atoms with Gasteiger partial charge in [-0.1, -0.05) is 17.3 Å². The Morgan fingerprint density at radius 3 is 2.91 bits per heavy atom. The van der Waals surface area contributed by atoms with Gasteiger partial charge in [-0.05, 0) is 25.0 Å². The van der Waals surface area contributed by atoms with Crippen LogP contribution in [0.25, 0.3) is 0 Å².